The fourth-order valence-electron chi connectivity index (χ4n) is 1.53. The molecule has 1 aromatic rings. The summed E-state index contributed by atoms with van der Waals surface area (Å²) in [6.07, 6.45) is 0.573. The molecule has 0 saturated carbocycles. The molecule has 0 fully saturated rings. The van der Waals surface area contributed by atoms with Crippen molar-refractivity contribution in [2.45, 2.75) is 27.2 Å². The molecule has 0 amide bonds. The summed E-state index contributed by atoms with van der Waals surface area (Å²) in [5.74, 6) is -0.187. The number of ether oxygens (including phenoxy) is 2. The van der Waals surface area contributed by atoms with Crippen LogP contribution < -0.4 is 9.47 Å². The summed E-state index contributed by atoms with van der Waals surface area (Å²) in [5, 5.41) is 3.78. The van der Waals surface area contributed by atoms with Gasteiger partial charge in [-0.1, -0.05) is 12.1 Å². The molecule has 0 saturated heterocycles. The largest absolute Gasteiger partial charge is 0.493 e. The monoisotopic (exact) mass is 279 g/mol. The van der Waals surface area contributed by atoms with Crippen molar-refractivity contribution in [1.29, 1.82) is 0 Å². The highest BCUT2D eigenvalue weighted by Gasteiger charge is 2.11. The van der Waals surface area contributed by atoms with Gasteiger partial charge in [-0.2, -0.15) is 0 Å². The van der Waals surface area contributed by atoms with Gasteiger partial charge in [0.1, 0.15) is 0 Å². The van der Waals surface area contributed by atoms with Crippen LogP contribution in [0.25, 0.3) is 0 Å². The summed E-state index contributed by atoms with van der Waals surface area (Å²) in [5.41, 5.74) is 1.31. The minimum Gasteiger partial charge on any atom is -0.493 e. The van der Waals surface area contributed by atoms with Gasteiger partial charge in [-0.05, 0) is 24.6 Å². The number of rotatable bonds is 5. The molecule has 0 aliphatic rings. The van der Waals surface area contributed by atoms with Crippen LogP contribution in [0.5, 0.6) is 11.5 Å². The van der Waals surface area contributed by atoms with E-state index < -0.39 is 11.9 Å². The Morgan fingerprint density at radius 1 is 1.15 bits per heavy atom. The lowest BCUT2D eigenvalue weighted by Crippen LogP contribution is -2.06. The fraction of sp³-hybridized carbons (Fsp3) is 0.357. The number of carbonyl (C=O) groups excluding carboxylic acids is 2. The van der Waals surface area contributed by atoms with Gasteiger partial charge in [0.2, 0.25) is 0 Å². The Kier molecular flexibility index (Phi) is 5.71. The van der Waals surface area contributed by atoms with Gasteiger partial charge in [-0.15, -0.1) is 0 Å². The van der Waals surface area contributed by atoms with Crippen molar-refractivity contribution in [3.63, 3.8) is 0 Å². The summed E-state index contributed by atoms with van der Waals surface area (Å²) in [6.45, 7) is 4.48. The van der Waals surface area contributed by atoms with Crippen molar-refractivity contribution in [3.8, 4) is 11.5 Å². The van der Waals surface area contributed by atoms with Crippen molar-refractivity contribution >= 4 is 17.7 Å². The molecule has 0 unspecified atom stereocenters. The zero-order chi connectivity index (χ0) is 15.1. The molecule has 0 atom stereocenters. The standard InChI is InChI=1S/C14H17NO5/c1-5-12(15-20-10(3)17)11-6-7-13(19-9(2)16)14(8-11)18-4/h6-8H,5H2,1-4H3/b15-12+. The van der Waals surface area contributed by atoms with Crippen LogP contribution in [0, 0.1) is 0 Å². The number of methoxy groups -OCH3 is 1. The van der Waals surface area contributed by atoms with Gasteiger partial charge in [0.25, 0.3) is 0 Å². The number of nitrogens with zero attached hydrogens (tertiary/aromatic N) is 1. The molecule has 6 heteroatoms. The van der Waals surface area contributed by atoms with Crippen LogP contribution in [0.1, 0.15) is 32.8 Å². The minimum atomic E-state index is -0.487. The Bertz CT molecular complexity index is 536. The van der Waals surface area contributed by atoms with Crippen molar-refractivity contribution in [3.05, 3.63) is 23.8 Å². The van der Waals surface area contributed by atoms with E-state index in [1.165, 1.54) is 21.0 Å². The highest BCUT2D eigenvalue weighted by Crippen LogP contribution is 2.28. The molecule has 0 radical (unpaired) electrons. The third kappa shape index (κ3) is 4.38. The van der Waals surface area contributed by atoms with Gasteiger partial charge < -0.3 is 14.3 Å². The van der Waals surface area contributed by atoms with Gasteiger partial charge in [0.05, 0.1) is 12.8 Å². The van der Waals surface area contributed by atoms with Crippen molar-refractivity contribution in [2.75, 3.05) is 7.11 Å². The van der Waals surface area contributed by atoms with E-state index in [4.69, 9.17) is 9.47 Å². The molecule has 20 heavy (non-hydrogen) atoms. The van der Waals surface area contributed by atoms with Crippen LogP contribution in [-0.4, -0.2) is 24.8 Å². The molecular weight excluding hydrogens is 262 g/mol. The predicted molar refractivity (Wildman–Crippen MR) is 72.9 cm³/mol. The molecule has 108 valence electrons. The Hall–Kier alpha value is -2.37. The molecule has 1 rings (SSSR count). The lowest BCUT2D eigenvalue weighted by atomic mass is 10.1. The average Bonchev–Trinajstić information content (AvgIpc) is 2.39. The predicted octanol–water partition coefficient (Wildman–Crippen LogP) is 2.30. The number of carbonyl (C=O) groups is 2. The lowest BCUT2D eigenvalue weighted by Gasteiger charge is -2.10. The normalized spacial score (nSPS) is 10.9. The van der Waals surface area contributed by atoms with Gasteiger partial charge in [-0.3, -0.25) is 4.79 Å². The van der Waals surface area contributed by atoms with Crippen LogP contribution >= 0.6 is 0 Å². The smallest absolute Gasteiger partial charge is 0.331 e. The summed E-state index contributed by atoms with van der Waals surface area (Å²) in [4.78, 5) is 26.4. The van der Waals surface area contributed by atoms with Gasteiger partial charge in [0, 0.05) is 19.4 Å². The summed E-state index contributed by atoms with van der Waals surface area (Å²) >= 11 is 0. The van der Waals surface area contributed by atoms with Crippen LogP contribution in [0.3, 0.4) is 0 Å². The second-order valence-electron chi connectivity index (χ2n) is 3.93. The summed E-state index contributed by atoms with van der Waals surface area (Å²) in [6, 6.07) is 4.99. The molecule has 0 aliphatic heterocycles. The Balaban J connectivity index is 3.09. The quantitative estimate of drug-likeness (QED) is 0.272. The van der Waals surface area contributed by atoms with E-state index in [0.717, 1.165) is 5.56 Å². The molecule has 0 aromatic heterocycles. The van der Waals surface area contributed by atoms with Gasteiger partial charge in [-0.25, -0.2) is 4.79 Å². The van der Waals surface area contributed by atoms with Crippen LogP contribution in [0.4, 0.5) is 0 Å². The van der Waals surface area contributed by atoms with Crippen molar-refractivity contribution < 1.29 is 23.9 Å². The first-order valence-corrected chi connectivity index (χ1v) is 6.09. The van der Waals surface area contributed by atoms with E-state index in [2.05, 4.69) is 9.99 Å². The van der Waals surface area contributed by atoms with Gasteiger partial charge in [0.15, 0.2) is 11.5 Å². The Morgan fingerprint density at radius 2 is 1.85 bits per heavy atom. The van der Waals surface area contributed by atoms with E-state index in [-0.39, 0.29) is 0 Å². The maximum Gasteiger partial charge on any atom is 0.331 e. The number of benzene rings is 1. The molecule has 0 N–H and O–H groups in total. The first kappa shape index (κ1) is 15.7. The molecule has 0 aliphatic carbocycles. The summed E-state index contributed by atoms with van der Waals surface area (Å²) < 4.78 is 10.2. The minimum absolute atomic E-state index is 0.326. The first-order valence-electron chi connectivity index (χ1n) is 6.09. The highest BCUT2D eigenvalue weighted by atomic mass is 16.7. The van der Waals surface area contributed by atoms with Crippen LogP contribution in [-0.2, 0) is 14.4 Å². The fourth-order valence-corrected chi connectivity index (χ4v) is 1.53. The van der Waals surface area contributed by atoms with Crippen LogP contribution in [0.15, 0.2) is 23.4 Å². The Morgan fingerprint density at radius 3 is 2.35 bits per heavy atom. The maximum absolute atomic E-state index is 11.0. The summed E-state index contributed by atoms with van der Waals surface area (Å²) in [7, 11) is 1.47. The highest BCUT2D eigenvalue weighted by molar-refractivity contribution is 6.00. The SMILES string of the molecule is CC/C(=N\OC(C)=O)c1ccc(OC(C)=O)c(OC)c1. The topological polar surface area (TPSA) is 74.2 Å². The number of esters is 1. The van der Waals surface area contributed by atoms with E-state index in [9.17, 15) is 9.59 Å². The number of oxime groups is 1. The van der Waals surface area contributed by atoms with E-state index in [1.807, 2.05) is 6.92 Å². The molecule has 0 heterocycles. The molecule has 1 aromatic carbocycles. The van der Waals surface area contributed by atoms with E-state index in [1.54, 1.807) is 18.2 Å². The van der Waals surface area contributed by atoms with Crippen molar-refractivity contribution in [1.82, 2.24) is 0 Å². The number of hydrogen-bond donors (Lipinski definition) is 0. The Labute approximate surface area is 117 Å². The molecule has 0 bridgehead atoms. The second kappa shape index (κ2) is 7.28. The molecule has 6 nitrogen and oxygen atoms in total. The zero-order valence-corrected chi connectivity index (χ0v) is 11.9. The van der Waals surface area contributed by atoms with Crippen molar-refractivity contribution in [2.24, 2.45) is 5.16 Å². The second-order valence-corrected chi connectivity index (χ2v) is 3.93. The average molecular weight is 279 g/mol. The first-order chi connectivity index (χ1) is 9.47. The third-order valence-corrected chi connectivity index (χ3v) is 2.37. The lowest BCUT2D eigenvalue weighted by molar-refractivity contribution is -0.141. The van der Waals surface area contributed by atoms with E-state index >= 15 is 0 Å². The maximum atomic E-state index is 11.0. The zero-order valence-electron chi connectivity index (χ0n) is 11.9. The molecular formula is C14H17NO5. The van der Waals surface area contributed by atoms with Crippen LogP contribution in [0.2, 0.25) is 0 Å². The third-order valence-electron chi connectivity index (χ3n) is 2.37. The van der Waals surface area contributed by atoms with Gasteiger partial charge >= 0.3 is 11.9 Å². The molecule has 0 spiro atoms. The van der Waals surface area contributed by atoms with E-state index in [0.29, 0.717) is 23.6 Å². The number of hydrogen-bond acceptors (Lipinski definition) is 6.